The molecule has 0 saturated heterocycles. The van der Waals surface area contributed by atoms with Gasteiger partial charge in [-0.05, 0) is 37.1 Å². The fourth-order valence-corrected chi connectivity index (χ4v) is 2.41. The van der Waals surface area contributed by atoms with E-state index in [1.165, 1.54) is 0 Å². The Bertz CT molecular complexity index is 699. The number of nitrogens with zero attached hydrogens (tertiary/aromatic N) is 2. The third-order valence-electron chi connectivity index (χ3n) is 2.88. The number of benzene rings is 1. The Morgan fingerprint density at radius 1 is 1.13 bits per heavy atom. The molecule has 1 heterocycles. The first kappa shape index (κ1) is 17.5. The molecule has 1 amide bonds. The van der Waals surface area contributed by atoms with Crippen LogP contribution in [0.5, 0.6) is 0 Å². The summed E-state index contributed by atoms with van der Waals surface area (Å²) in [7, 11) is 0. The van der Waals surface area contributed by atoms with Gasteiger partial charge in [-0.1, -0.05) is 37.0 Å². The predicted molar refractivity (Wildman–Crippen MR) is 93.7 cm³/mol. The van der Waals surface area contributed by atoms with Gasteiger partial charge in [0.1, 0.15) is 5.69 Å². The van der Waals surface area contributed by atoms with Gasteiger partial charge in [0, 0.05) is 28.0 Å². The van der Waals surface area contributed by atoms with E-state index < -0.39 is 0 Å². The minimum absolute atomic E-state index is 0.226. The number of hydrogen-bond acceptors (Lipinski definition) is 4. The minimum Gasteiger partial charge on any atom is -0.350 e. The molecule has 2 N–H and O–H groups in total. The molecule has 0 fully saturated rings. The second-order valence-corrected chi connectivity index (χ2v) is 6.48. The molecule has 0 atom stereocenters. The van der Waals surface area contributed by atoms with Crippen molar-refractivity contribution < 1.29 is 4.79 Å². The van der Waals surface area contributed by atoms with Gasteiger partial charge in [0.15, 0.2) is 0 Å². The lowest BCUT2D eigenvalue weighted by molar-refractivity contribution is 0.0944. The Balaban J connectivity index is 2.21. The van der Waals surface area contributed by atoms with Crippen LogP contribution in [0.15, 0.2) is 24.3 Å². The topological polar surface area (TPSA) is 66.9 Å². The van der Waals surface area contributed by atoms with Gasteiger partial charge in [0.05, 0.1) is 0 Å². The maximum atomic E-state index is 12.1. The first-order valence-electron chi connectivity index (χ1n) is 7.20. The van der Waals surface area contributed by atoms with Crippen molar-refractivity contribution in [1.29, 1.82) is 0 Å². The molecule has 1 aromatic carbocycles. The summed E-state index contributed by atoms with van der Waals surface area (Å²) in [6, 6.07) is 6.69. The Kier molecular flexibility index (Phi) is 5.80. The zero-order valence-corrected chi connectivity index (χ0v) is 14.7. The number of halogens is 2. The third-order valence-corrected chi connectivity index (χ3v) is 3.31. The highest BCUT2D eigenvalue weighted by atomic mass is 35.5. The summed E-state index contributed by atoms with van der Waals surface area (Å²) >= 11 is 11.9. The van der Waals surface area contributed by atoms with E-state index in [1.807, 2.05) is 13.8 Å². The quantitative estimate of drug-likeness (QED) is 0.845. The number of nitrogens with one attached hydrogen (secondary N) is 2. The van der Waals surface area contributed by atoms with E-state index >= 15 is 0 Å². The number of anilines is 2. The Morgan fingerprint density at radius 3 is 2.39 bits per heavy atom. The van der Waals surface area contributed by atoms with Gasteiger partial charge in [0.25, 0.3) is 5.91 Å². The van der Waals surface area contributed by atoms with Gasteiger partial charge in [-0.2, -0.15) is 0 Å². The van der Waals surface area contributed by atoms with Gasteiger partial charge < -0.3 is 10.6 Å². The van der Waals surface area contributed by atoms with Crippen molar-refractivity contribution in [1.82, 2.24) is 15.3 Å². The number of amides is 1. The summed E-state index contributed by atoms with van der Waals surface area (Å²) < 4.78 is 0. The van der Waals surface area contributed by atoms with E-state index in [2.05, 4.69) is 20.6 Å². The molecule has 7 heteroatoms. The Labute approximate surface area is 145 Å². The van der Waals surface area contributed by atoms with Crippen molar-refractivity contribution in [3.8, 4) is 0 Å². The highest BCUT2D eigenvalue weighted by Crippen LogP contribution is 2.24. The van der Waals surface area contributed by atoms with Crippen LogP contribution in [0, 0.1) is 12.8 Å². The minimum atomic E-state index is -0.226. The van der Waals surface area contributed by atoms with E-state index in [9.17, 15) is 4.79 Å². The van der Waals surface area contributed by atoms with Crippen LogP contribution in [0.3, 0.4) is 0 Å². The number of hydrogen-bond donors (Lipinski definition) is 2. The van der Waals surface area contributed by atoms with Gasteiger partial charge in [-0.15, -0.1) is 0 Å². The van der Waals surface area contributed by atoms with Gasteiger partial charge in [-0.25, -0.2) is 9.97 Å². The zero-order valence-electron chi connectivity index (χ0n) is 13.2. The molecule has 0 spiro atoms. The molecule has 122 valence electrons. The number of carbonyl (C=O) groups is 1. The van der Waals surface area contributed by atoms with E-state index in [0.29, 0.717) is 45.5 Å². The van der Waals surface area contributed by atoms with Crippen molar-refractivity contribution in [3.63, 3.8) is 0 Å². The molecule has 0 aliphatic rings. The SMILES string of the molecule is Cc1cc(C(=O)NCC(C)C)nc(Nc2cc(Cl)cc(Cl)c2)n1. The van der Waals surface area contributed by atoms with E-state index in [4.69, 9.17) is 23.2 Å². The Morgan fingerprint density at radius 2 is 1.78 bits per heavy atom. The van der Waals surface area contributed by atoms with Crippen LogP contribution in [-0.2, 0) is 0 Å². The lowest BCUT2D eigenvalue weighted by atomic mass is 10.2. The smallest absolute Gasteiger partial charge is 0.270 e. The second kappa shape index (κ2) is 7.62. The Hall–Kier alpha value is -1.85. The third kappa shape index (κ3) is 5.37. The fraction of sp³-hybridized carbons (Fsp3) is 0.312. The van der Waals surface area contributed by atoms with Gasteiger partial charge in [0.2, 0.25) is 5.95 Å². The average Bonchev–Trinajstić information content (AvgIpc) is 2.42. The molecule has 2 aromatic rings. The van der Waals surface area contributed by atoms with Crippen molar-refractivity contribution in [2.45, 2.75) is 20.8 Å². The molecule has 0 radical (unpaired) electrons. The molecule has 0 aliphatic heterocycles. The number of rotatable bonds is 5. The molecule has 5 nitrogen and oxygen atoms in total. The second-order valence-electron chi connectivity index (χ2n) is 5.61. The monoisotopic (exact) mass is 352 g/mol. The highest BCUT2D eigenvalue weighted by molar-refractivity contribution is 6.35. The average molecular weight is 353 g/mol. The van der Waals surface area contributed by atoms with Gasteiger partial charge in [-0.3, -0.25) is 4.79 Å². The number of aryl methyl sites for hydroxylation is 1. The van der Waals surface area contributed by atoms with Crippen molar-refractivity contribution >= 4 is 40.7 Å². The van der Waals surface area contributed by atoms with Crippen LogP contribution in [-0.4, -0.2) is 22.4 Å². The standard InChI is InChI=1S/C16H18Cl2N4O/c1-9(2)8-19-15(23)14-4-10(3)20-16(22-14)21-13-6-11(17)5-12(18)7-13/h4-7,9H,8H2,1-3H3,(H,19,23)(H,20,21,22). The van der Waals surface area contributed by atoms with E-state index in [0.717, 1.165) is 0 Å². The van der Waals surface area contributed by atoms with Crippen molar-refractivity contribution in [2.24, 2.45) is 5.92 Å². The lowest BCUT2D eigenvalue weighted by Crippen LogP contribution is -2.28. The molecular formula is C16H18Cl2N4O. The highest BCUT2D eigenvalue weighted by Gasteiger charge is 2.11. The van der Waals surface area contributed by atoms with Crippen LogP contribution in [0.2, 0.25) is 10.0 Å². The summed E-state index contributed by atoms with van der Waals surface area (Å²) in [5, 5.41) is 6.86. The molecule has 0 aliphatic carbocycles. The normalized spacial score (nSPS) is 10.7. The van der Waals surface area contributed by atoms with E-state index in [1.54, 1.807) is 31.2 Å². The van der Waals surface area contributed by atoms with Crippen LogP contribution in [0.4, 0.5) is 11.6 Å². The van der Waals surface area contributed by atoms with Crippen LogP contribution in [0.1, 0.15) is 30.0 Å². The van der Waals surface area contributed by atoms with Crippen molar-refractivity contribution in [2.75, 3.05) is 11.9 Å². The van der Waals surface area contributed by atoms with Crippen LogP contribution in [0.25, 0.3) is 0 Å². The summed E-state index contributed by atoms with van der Waals surface area (Å²) in [6.07, 6.45) is 0. The summed E-state index contributed by atoms with van der Waals surface area (Å²) in [4.78, 5) is 20.7. The van der Waals surface area contributed by atoms with Crippen molar-refractivity contribution in [3.05, 3.63) is 45.7 Å². The molecule has 0 bridgehead atoms. The van der Waals surface area contributed by atoms with E-state index in [-0.39, 0.29) is 5.91 Å². The number of carbonyl (C=O) groups excluding carboxylic acids is 1. The zero-order chi connectivity index (χ0) is 17.0. The molecule has 23 heavy (non-hydrogen) atoms. The summed E-state index contributed by atoms with van der Waals surface area (Å²) in [5.41, 5.74) is 1.65. The summed E-state index contributed by atoms with van der Waals surface area (Å²) in [5.74, 6) is 0.461. The number of aromatic nitrogens is 2. The largest absolute Gasteiger partial charge is 0.350 e. The lowest BCUT2D eigenvalue weighted by Gasteiger charge is -2.10. The first-order valence-corrected chi connectivity index (χ1v) is 7.96. The summed E-state index contributed by atoms with van der Waals surface area (Å²) in [6.45, 7) is 6.45. The first-order chi connectivity index (χ1) is 10.8. The van der Waals surface area contributed by atoms with Crippen LogP contribution >= 0.6 is 23.2 Å². The fourth-order valence-electron chi connectivity index (χ4n) is 1.88. The van der Waals surface area contributed by atoms with Gasteiger partial charge >= 0.3 is 0 Å². The predicted octanol–water partition coefficient (Wildman–Crippen LogP) is 4.22. The molecule has 0 saturated carbocycles. The molecular weight excluding hydrogens is 335 g/mol. The van der Waals surface area contributed by atoms with Crippen LogP contribution < -0.4 is 10.6 Å². The maximum absolute atomic E-state index is 12.1. The molecule has 1 aromatic heterocycles. The maximum Gasteiger partial charge on any atom is 0.270 e. The molecule has 0 unspecified atom stereocenters. The molecule has 2 rings (SSSR count).